The van der Waals surface area contributed by atoms with Gasteiger partial charge in [0.1, 0.15) is 23.3 Å². The molecule has 0 saturated carbocycles. The van der Waals surface area contributed by atoms with Gasteiger partial charge in [-0.3, -0.25) is 0 Å². The Hall–Kier alpha value is -1.82. The van der Waals surface area contributed by atoms with Gasteiger partial charge in [0.25, 0.3) is 0 Å². The number of rotatable bonds is 4. The topological polar surface area (TPSA) is 41.5 Å². The van der Waals surface area contributed by atoms with E-state index in [1.807, 2.05) is 6.07 Å². The molecule has 1 aliphatic rings. The minimum atomic E-state index is -1.44. The smallest absolute Gasteiger partial charge is 0.126 e. The van der Waals surface area contributed by atoms with E-state index in [0.717, 1.165) is 18.2 Å². The van der Waals surface area contributed by atoms with Crippen molar-refractivity contribution in [2.24, 2.45) is 0 Å². The fraction of sp³-hybridized carbons (Fsp3) is 0.333. The van der Waals surface area contributed by atoms with Gasteiger partial charge in [0, 0.05) is 19.5 Å². The van der Waals surface area contributed by atoms with Gasteiger partial charge in [-0.25, -0.2) is 8.78 Å². The second-order valence-corrected chi connectivity index (χ2v) is 5.77. The lowest BCUT2D eigenvalue weighted by Crippen LogP contribution is -2.52. The first-order chi connectivity index (χ1) is 11.1. The zero-order chi connectivity index (χ0) is 16.3. The van der Waals surface area contributed by atoms with Crippen LogP contribution in [-0.2, 0) is 16.8 Å². The molecule has 0 aromatic heterocycles. The van der Waals surface area contributed by atoms with E-state index in [9.17, 15) is 13.9 Å². The van der Waals surface area contributed by atoms with Gasteiger partial charge >= 0.3 is 0 Å². The van der Waals surface area contributed by atoms with Gasteiger partial charge in [-0.05, 0) is 29.3 Å². The van der Waals surface area contributed by atoms with Crippen LogP contribution in [-0.4, -0.2) is 30.9 Å². The number of hydrogen-bond acceptors (Lipinski definition) is 3. The Morgan fingerprint density at radius 2 is 1.96 bits per heavy atom. The van der Waals surface area contributed by atoms with E-state index in [0.29, 0.717) is 25.3 Å². The maximum atomic E-state index is 14.0. The van der Waals surface area contributed by atoms with E-state index in [1.165, 1.54) is 0 Å². The van der Waals surface area contributed by atoms with Crippen LogP contribution >= 0.6 is 0 Å². The van der Waals surface area contributed by atoms with E-state index in [2.05, 4.69) is 5.32 Å². The second kappa shape index (κ2) is 6.74. The number of hydrogen-bond donors (Lipinski definition) is 2. The van der Waals surface area contributed by atoms with Crippen LogP contribution in [0.1, 0.15) is 11.1 Å². The molecular formula is C18H19F2NO2. The van der Waals surface area contributed by atoms with Crippen molar-refractivity contribution in [3.05, 3.63) is 71.3 Å². The lowest BCUT2D eigenvalue weighted by atomic mass is 9.82. The number of aliphatic hydroxyl groups is 1. The highest BCUT2D eigenvalue weighted by Crippen LogP contribution is 2.32. The first-order valence-electron chi connectivity index (χ1n) is 7.64. The zero-order valence-corrected chi connectivity index (χ0v) is 12.6. The lowest BCUT2D eigenvalue weighted by molar-refractivity contribution is -0.124. The lowest BCUT2D eigenvalue weighted by Gasteiger charge is -2.39. The molecule has 3 nitrogen and oxygen atoms in total. The van der Waals surface area contributed by atoms with Crippen LogP contribution in [0.15, 0.2) is 48.5 Å². The molecular weight excluding hydrogens is 300 g/mol. The fourth-order valence-corrected chi connectivity index (χ4v) is 2.97. The summed E-state index contributed by atoms with van der Waals surface area (Å²) in [6, 6.07) is 12.3. The Balaban J connectivity index is 1.99. The van der Waals surface area contributed by atoms with Crippen molar-refractivity contribution in [3.63, 3.8) is 0 Å². The zero-order valence-electron chi connectivity index (χ0n) is 12.6. The minimum Gasteiger partial charge on any atom is -0.382 e. The normalized spacial score (nSPS) is 20.9. The predicted octanol–water partition coefficient (Wildman–Crippen LogP) is 2.38. The molecule has 2 aromatic carbocycles. The van der Waals surface area contributed by atoms with Gasteiger partial charge in [0.2, 0.25) is 0 Å². The maximum Gasteiger partial charge on any atom is 0.126 e. The van der Waals surface area contributed by atoms with E-state index in [-0.39, 0.29) is 12.0 Å². The highest BCUT2D eigenvalue weighted by Gasteiger charge is 2.41. The third kappa shape index (κ3) is 3.42. The summed E-state index contributed by atoms with van der Waals surface area (Å²) in [4.78, 5) is 0. The summed E-state index contributed by atoms with van der Waals surface area (Å²) in [7, 11) is 0. The van der Waals surface area contributed by atoms with E-state index < -0.39 is 23.3 Å². The molecule has 0 aliphatic carbocycles. The SMILES string of the molecule is OC(Cc1cc(F)ccc1F)(c1ccccc1)C1CNCCO1. The summed E-state index contributed by atoms with van der Waals surface area (Å²) in [6.07, 6.45) is -0.603. The quantitative estimate of drug-likeness (QED) is 0.909. The van der Waals surface area contributed by atoms with Crippen molar-refractivity contribution in [2.75, 3.05) is 19.7 Å². The number of halogens is 2. The Morgan fingerprint density at radius 1 is 1.17 bits per heavy atom. The molecule has 2 aromatic rings. The molecule has 122 valence electrons. The second-order valence-electron chi connectivity index (χ2n) is 5.77. The third-order valence-electron chi connectivity index (χ3n) is 4.20. The van der Waals surface area contributed by atoms with Crippen LogP contribution in [0.5, 0.6) is 0 Å². The molecule has 0 amide bonds. The minimum absolute atomic E-state index is 0.0625. The average Bonchev–Trinajstić information content (AvgIpc) is 2.59. The predicted molar refractivity (Wildman–Crippen MR) is 83.0 cm³/mol. The van der Waals surface area contributed by atoms with Crippen molar-refractivity contribution in [2.45, 2.75) is 18.1 Å². The summed E-state index contributed by atoms with van der Waals surface area (Å²) in [5, 5.41) is 14.5. The summed E-state index contributed by atoms with van der Waals surface area (Å²) in [5.74, 6) is -1.07. The van der Waals surface area contributed by atoms with Crippen molar-refractivity contribution in [1.29, 1.82) is 0 Å². The van der Waals surface area contributed by atoms with Crippen LogP contribution < -0.4 is 5.32 Å². The highest BCUT2D eigenvalue weighted by molar-refractivity contribution is 5.29. The summed E-state index contributed by atoms with van der Waals surface area (Å²) < 4.78 is 33.2. The Labute approximate surface area is 133 Å². The number of nitrogens with one attached hydrogen (secondary N) is 1. The van der Waals surface area contributed by atoms with Crippen LogP contribution in [0, 0.1) is 11.6 Å². The van der Waals surface area contributed by atoms with Crippen molar-refractivity contribution < 1.29 is 18.6 Å². The molecule has 1 aliphatic heterocycles. The Morgan fingerprint density at radius 3 is 2.65 bits per heavy atom. The van der Waals surface area contributed by atoms with E-state index >= 15 is 0 Å². The van der Waals surface area contributed by atoms with Crippen LogP contribution in [0.4, 0.5) is 8.78 Å². The molecule has 2 N–H and O–H groups in total. The fourth-order valence-electron chi connectivity index (χ4n) is 2.97. The maximum absolute atomic E-state index is 14.0. The van der Waals surface area contributed by atoms with Gasteiger partial charge in [-0.15, -0.1) is 0 Å². The standard InChI is InChI=1S/C18H19F2NO2/c19-15-6-7-16(20)13(10-15)11-18(22,14-4-2-1-3-5-14)17-12-21-8-9-23-17/h1-7,10,17,21-22H,8-9,11-12H2. The molecule has 23 heavy (non-hydrogen) atoms. The summed E-state index contributed by atoms with van der Waals surface area (Å²) in [6.45, 7) is 1.61. The molecule has 2 atom stereocenters. The van der Waals surface area contributed by atoms with E-state index in [4.69, 9.17) is 4.74 Å². The number of benzene rings is 2. The molecule has 1 heterocycles. The number of ether oxygens (including phenoxy) is 1. The van der Waals surface area contributed by atoms with Gasteiger partial charge in [0.05, 0.1) is 6.61 Å². The molecule has 5 heteroatoms. The first-order valence-corrected chi connectivity index (χ1v) is 7.64. The van der Waals surface area contributed by atoms with Gasteiger partial charge in [-0.2, -0.15) is 0 Å². The van der Waals surface area contributed by atoms with E-state index in [1.54, 1.807) is 24.3 Å². The largest absolute Gasteiger partial charge is 0.382 e. The van der Waals surface area contributed by atoms with Gasteiger partial charge < -0.3 is 15.2 Å². The molecule has 1 saturated heterocycles. The van der Waals surface area contributed by atoms with Crippen molar-refractivity contribution >= 4 is 0 Å². The molecule has 0 spiro atoms. The van der Waals surface area contributed by atoms with Crippen molar-refractivity contribution in [1.82, 2.24) is 5.32 Å². The molecule has 0 bridgehead atoms. The summed E-state index contributed by atoms with van der Waals surface area (Å²) >= 11 is 0. The van der Waals surface area contributed by atoms with Crippen LogP contribution in [0.2, 0.25) is 0 Å². The molecule has 0 radical (unpaired) electrons. The Bertz CT molecular complexity index is 659. The average molecular weight is 319 g/mol. The Kier molecular flexibility index (Phi) is 4.71. The highest BCUT2D eigenvalue weighted by atomic mass is 19.1. The van der Waals surface area contributed by atoms with Crippen LogP contribution in [0.3, 0.4) is 0 Å². The number of morpholine rings is 1. The first kappa shape index (κ1) is 16.1. The third-order valence-corrected chi connectivity index (χ3v) is 4.20. The van der Waals surface area contributed by atoms with Gasteiger partial charge in [0.15, 0.2) is 0 Å². The molecule has 1 fully saturated rings. The van der Waals surface area contributed by atoms with Crippen LogP contribution in [0.25, 0.3) is 0 Å². The molecule has 3 rings (SSSR count). The van der Waals surface area contributed by atoms with Crippen molar-refractivity contribution in [3.8, 4) is 0 Å². The van der Waals surface area contributed by atoms with Gasteiger partial charge in [-0.1, -0.05) is 30.3 Å². The monoisotopic (exact) mass is 319 g/mol. The molecule has 2 unspecified atom stereocenters. The summed E-state index contributed by atoms with van der Waals surface area (Å²) in [5.41, 5.74) is -0.688.